The van der Waals surface area contributed by atoms with Gasteiger partial charge in [-0.15, -0.1) is 0 Å². The van der Waals surface area contributed by atoms with Gasteiger partial charge in [-0.3, -0.25) is 4.90 Å². The summed E-state index contributed by atoms with van der Waals surface area (Å²) in [6.07, 6.45) is 3.60. The van der Waals surface area contributed by atoms with E-state index in [1.165, 1.54) is 31.4 Å². The molecule has 0 aromatic heterocycles. The topological polar surface area (TPSA) is 73.2 Å². The Morgan fingerprint density at radius 3 is 2.48 bits per heavy atom. The molecule has 2 rings (SSSR count). The Morgan fingerprint density at radius 1 is 1.22 bits per heavy atom. The summed E-state index contributed by atoms with van der Waals surface area (Å²) in [7, 11) is -3.67. The molecule has 1 saturated heterocycles. The van der Waals surface area contributed by atoms with Gasteiger partial charge < -0.3 is 0 Å². The van der Waals surface area contributed by atoms with Crippen LogP contribution < -0.4 is 4.72 Å². The zero-order valence-electron chi connectivity index (χ0n) is 13.8. The van der Waals surface area contributed by atoms with Crippen molar-refractivity contribution in [2.24, 2.45) is 5.92 Å². The molecule has 1 heterocycles. The van der Waals surface area contributed by atoms with Crippen LogP contribution in [0.3, 0.4) is 0 Å². The summed E-state index contributed by atoms with van der Waals surface area (Å²) in [5.41, 5.74) is 0.180. The zero-order chi connectivity index (χ0) is 16.9. The second kappa shape index (κ2) is 7.91. The van der Waals surface area contributed by atoms with Crippen molar-refractivity contribution in [1.82, 2.24) is 9.62 Å². The molecule has 1 aliphatic rings. The standard InChI is InChI=1S/C17H25N3O2S/c1-14(2)16(20-10-6-3-7-11-20)13-19-23(21,22)17-9-5-4-8-15(17)12-18/h4-5,8-9,14,16,19H,3,6-7,10-11,13H2,1-2H3. The zero-order valence-corrected chi connectivity index (χ0v) is 14.6. The Labute approximate surface area is 139 Å². The van der Waals surface area contributed by atoms with Crippen molar-refractivity contribution in [3.05, 3.63) is 29.8 Å². The minimum absolute atomic E-state index is 0.0589. The molecule has 0 spiro atoms. The van der Waals surface area contributed by atoms with Crippen LogP contribution >= 0.6 is 0 Å². The Kier molecular flexibility index (Phi) is 6.17. The average Bonchev–Trinajstić information content (AvgIpc) is 2.55. The van der Waals surface area contributed by atoms with E-state index in [-0.39, 0.29) is 16.5 Å². The van der Waals surface area contributed by atoms with E-state index in [0.29, 0.717) is 12.5 Å². The smallest absolute Gasteiger partial charge is 0.241 e. The molecule has 1 fully saturated rings. The second-order valence-corrected chi connectivity index (χ2v) is 8.10. The Balaban J connectivity index is 2.11. The van der Waals surface area contributed by atoms with Gasteiger partial charge in [-0.2, -0.15) is 5.26 Å². The minimum atomic E-state index is -3.67. The normalized spacial score (nSPS) is 17.8. The maximum Gasteiger partial charge on any atom is 0.241 e. The lowest BCUT2D eigenvalue weighted by Crippen LogP contribution is -2.48. The van der Waals surface area contributed by atoms with Crippen molar-refractivity contribution in [3.63, 3.8) is 0 Å². The van der Waals surface area contributed by atoms with Gasteiger partial charge in [-0.25, -0.2) is 13.1 Å². The lowest BCUT2D eigenvalue weighted by atomic mass is 9.99. The monoisotopic (exact) mass is 335 g/mol. The largest absolute Gasteiger partial charge is 0.299 e. The van der Waals surface area contributed by atoms with E-state index in [2.05, 4.69) is 23.5 Å². The molecule has 0 bridgehead atoms. The van der Waals surface area contributed by atoms with Crippen molar-refractivity contribution in [3.8, 4) is 6.07 Å². The quantitative estimate of drug-likeness (QED) is 0.866. The number of nitriles is 1. The van der Waals surface area contributed by atoms with E-state index in [4.69, 9.17) is 5.26 Å². The first-order valence-corrected chi connectivity index (χ1v) is 9.67. The molecule has 1 aromatic rings. The van der Waals surface area contributed by atoms with Crippen LogP contribution in [0.4, 0.5) is 0 Å². The van der Waals surface area contributed by atoms with E-state index in [1.807, 2.05) is 6.07 Å². The third-order valence-corrected chi connectivity index (χ3v) is 5.89. The first-order valence-electron chi connectivity index (χ1n) is 8.18. The maximum absolute atomic E-state index is 12.5. The summed E-state index contributed by atoms with van der Waals surface area (Å²) >= 11 is 0. The maximum atomic E-state index is 12.5. The van der Waals surface area contributed by atoms with Gasteiger partial charge in [0, 0.05) is 12.6 Å². The molecule has 5 nitrogen and oxygen atoms in total. The third-order valence-electron chi connectivity index (χ3n) is 4.41. The number of likely N-dealkylation sites (tertiary alicyclic amines) is 1. The first kappa shape index (κ1) is 17.9. The fourth-order valence-corrected chi connectivity index (χ4v) is 4.31. The van der Waals surface area contributed by atoms with E-state index in [1.54, 1.807) is 12.1 Å². The van der Waals surface area contributed by atoms with Gasteiger partial charge >= 0.3 is 0 Å². The number of benzene rings is 1. The van der Waals surface area contributed by atoms with Gasteiger partial charge in [-0.05, 0) is 44.0 Å². The van der Waals surface area contributed by atoms with Gasteiger partial charge in [0.05, 0.1) is 10.5 Å². The minimum Gasteiger partial charge on any atom is -0.299 e. The highest BCUT2D eigenvalue weighted by atomic mass is 32.2. The van der Waals surface area contributed by atoms with Crippen LogP contribution in [0.2, 0.25) is 0 Å². The van der Waals surface area contributed by atoms with Gasteiger partial charge in [0.1, 0.15) is 6.07 Å². The van der Waals surface area contributed by atoms with Gasteiger partial charge in [0.15, 0.2) is 0 Å². The highest BCUT2D eigenvalue weighted by molar-refractivity contribution is 7.89. The molecule has 0 radical (unpaired) electrons. The van der Waals surface area contributed by atoms with Crippen molar-refractivity contribution >= 4 is 10.0 Å². The summed E-state index contributed by atoms with van der Waals surface area (Å²) in [6.45, 7) is 6.67. The van der Waals surface area contributed by atoms with Crippen LogP contribution in [0.5, 0.6) is 0 Å². The molecule has 1 unspecified atom stereocenters. The van der Waals surface area contributed by atoms with Gasteiger partial charge in [0.25, 0.3) is 0 Å². The molecule has 1 N–H and O–H groups in total. The first-order chi connectivity index (χ1) is 11.0. The van der Waals surface area contributed by atoms with E-state index >= 15 is 0 Å². The number of sulfonamides is 1. The molecule has 23 heavy (non-hydrogen) atoms. The molecule has 0 amide bonds. The Bertz CT molecular complexity index is 659. The van der Waals surface area contributed by atoms with Crippen LogP contribution in [0.25, 0.3) is 0 Å². The predicted molar refractivity (Wildman–Crippen MR) is 90.4 cm³/mol. The second-order valence-electron chi connectivity index (χ2n) is 6.37. The predicted octanol–water partition coefficient (Wildman–Crippen LogP) is 2.35. The molecule has 1 atom stereocenters. The summed E-state index contributed by atoms with van der Waals surface area (Å²) in [5, 5.41) is 9.10. The summed E-state index contributed by atoms with van der Waals surface area (Å²) in [4.78, 5) is 2.44. The molecular formula is C17H25N3O2S. The SMILES string of the molecule is CC(C)C(CNS(=O)(=O)c1ccccc1C#N)N1CCCCC1. The fraction of sp³-hybridized carbons (Fsp3) is 0.588. The lowest BCUT2D eigenvalue weighted by Gasteiger charge is -2.37. The van der Waals surface area contributed by atoms with E-state index < -0.39 is 10.0 Å². The van der Waals surface area contributed by atoms with Crippen LogP contribution in [0.1, 0.15) is 38.7 Å². The van der Waals surface area contributed by atoms with Crippen LogP contribution in [-0.2, 0) is 10.0 Å². The fourth-order valence-electron chi connectivity index (χ4n) is 3.10. The van der Waals surface area contributed by atoms with Crippen LogP contribution in [0.15, 0.2) is 29.2 Å². The average molecular weight is 335 g/mol. The van der Waals surface area contributed by atoms with E-state index in [0.717, 1.165) is 13.1 Å². The highest BCUT2D eigenvalue weighted by Crippen LogP contribution is 2.19. The molecule has 6 heteroatoms. The summed E-state index contributed by atoms with van der Waals surface area (Å²) in [5.74, 6) is 0.363. The van der Waals surface area contributed by atoms with Gasteiger partial charge in [0.2, 0.25) is 10.0 Å². The number of nitrogens with one attached hydrogen (secondary N) is 1. The van der Waals surface area contributed by atoms with Crippen molar-refractivity contribution in [1.29, 1.82) is 5.26 Å². The number of hydrogen-bond acceptors (Lipinski definition) is 4. The van der Waals surface area contributed by atoms with Crippen LogP contribution in [0, 0.1) is 17.2 Å². The number of piperidine rings is 1. The number of nitrogens with zero attached hydrogens (tertiary/aromatic N) is 2. The van der Waals surface area contributed by atoms with E-state index in [9.17, 15) is 8.42 Å². The van der Waals surface area contributed by atoms with Crippen molar-refractivity contribution < 1.29 is 8.42 Å². The number of rotatable bonds is 6. The third kappa shape index (κ3) is 4.54. The Morgan fingerprint density at radius 2 is 1.87 bits per heavy atom. The highest BCUT2D eigenvalue weighted by Gasteiger charge is 2.26. The molecule has 0 saturated carbocycles. The van der Waals surface area contributed by atoms with Crippen molar-refractivity contribution in [2.45, 2.75) is 44.0 Å². The number of hydrogen-bond donors (Lipinski definition) is 1. The molecular weight excluding hydrogens is 310 g/mol. The lowest BCUT2D eigenvalue weighted by molar-refractivity contribution is 0.130. The van der Waals surface area contributed by atoms with Gasteiger partial charge in [-0.1, -0.05) is 32.4 Å². The molecule has 1 aromatic carbocycles. The summed E-state index contributed by atoms with van der Waals surface area (Å²) in [6, 6.07) is 8.44. The Hall–Kier alpha value is -1.42. The molecule has 0 aliphatic carbocycles. The summed E-state index contributed by atoms with van der Waals surface area (Å²) < 4.78 is 27.8. The van der Waals surface area contributed by atoms with Crippen molar-refractivity contribution in [2.75, 3.05) is 19.6 Å². The molecule has 126 valence electrons. The van der Waals surface area contributed by atoms with Crippen LogP contribution in [-0.4, -0.2) is 39.0 Å². The molecule has 1 aliphatic heterocycles.